The van der Waals surface area contributed by atoms with E-state index in [2.05, 4.69) is 21.7 Å². The molecule has 0 unspecified atom stereocenters. The molecule has 6 heteroatoms. The summed E-state index contributed by atoms with van der Waals surface area (Å²) in [6, 6.07) is 9.96. The summed E-state index contributed by atoms with van der Waals surface area (Å²) in [6.07, 6.45) is 1.13. The van der Waals surface area contributed by atoms with Crippen molar-refractivity contribution < 1.29 is 4.79 Å². The third kappa shape index (κ3) is 2.96. The fraction of sp³-hybridized carbons (Fsp3) is 0.353. The number of benzene rings is 1. The molecule has 3 heterocycles. The highest BCUT2D eigenvalue weighted by molar-refractivity contribution is 7.10. The topological polar surface area (TPSA) is 35.6 Å². The van der Waals surface area contributed by atoms with Crippen molar-refractivity contribution in [1.82, 2.24) is 9.80 Å². The molecule has 0 bridgehead atoms. The van der Waals surface area contributed by atoms with Gasteiger partial charge in [0.25, 0.3) is 0 Å². The van der Waals surface area contributed by atoms with Crippen LogP contribution >= 0.6 is 22.9 Å². The molecule has 1 aromatic carbocycles. The van der Waals surface area contributed by atoms with Crippen molar-refractivity contribution in [1.29, 1.82) is 0 Å². The van der Waals surface area contributed by atoms with Gasteiger partial charge in [-0.3, -0.25) is 4.90 Å². The summed E-state index contributed by atoms with van der Waals surface area (Å²) in [5.41, 5.74) is 2.13. The van der Waals surface area contributed by atoms with E-state index in [4.69, 9.17) is 11.6 Å². The molecule has 2 aliphatic heterocycles. The van der Waals surface area contributed by atoms with Crippen molar-refractivity contribution >= 4 is 34.7 Å². The number of fused-ring (bicyclic) bond motifs is 1. The standard InChI is InChI=1S/C17H18ClN3OS/c18-14-3-1-2-4-15(14)19-17(22)21-10-13(11-21)20-7-5-16-12(9-20)6-8-23-16/h1-4,6,8,13H,5,7,9-11H2,(H,19,22). The quantitative estimate of drug-likeness (QED) is 0.899. The summed E-state index contributed by atoms with van der Waals surface area (Å²) in [4.78, 5) is 18.1. The van der Waals surface area contributed by atoms with Crippen LogP contribution in [0.3, 0.4) is 0 Å². The number of hydrogen-bond acceptors (Lipinski definition) is 3. The molecular formula is C17H18ClN3OS. The minimum Gasteiger partial charge on any atom is -0.321 e. The minimum atomic E-state index is -0.0671. The van der Waals surface area contributed by atoms with Gasteiger partial charge in [0, 0.05) is 37.1 Å². The van der Waals surface area contributed by atoms with Crippen LogP contribution in [0.15, 0.2) is 35.7 Å². The molecule has 1 N–H and O–H groups in total. The molecule has 1 saturated heterocycles. The predicted octanol–water partition coefficient (Wildman–Crippen LogP) is 3.68. The first-order valence-electron chi connectivity index (χ1n) is 7.80. The van der Waals surface area contributed by atoms with E-state index in [1.54, 1.807) is 6.07 Å². The average Bonchev–Trinajstić information content (AvgIpc) is 2.96. The van der Waals surface area contributed by atoms with Crippen LogP contribution in [0.2, 0.25) is 5.02 Å². The van der Waals surface area contributed by atoms with Crippen LogP contribution in [0.25, 0.3) is 0 Å². The van der Waals surface area contributed by atoms with E-state index in [0.29, 0.717) is 16.8 Å². The molecule has 0 radical (unpaired) electrons. The van der Waals surface area contributed by atoms with Crippen LogP contribution in [0.4, 0.5) is 10.5 Å². The Balaban J connectivity index is 1.32. The summed E-state index contributed by atoms with van der Waals surface area (Å²) in [7, 11) is 0. The summed E-state index contributed by atoms with van der Waals surface area (Å²) < 4.78 is 0. The number of amides is 2. The molecule has 0 saturated carbocycles. The van der Waals surface area contributed by atoms with Crippen molar-refractivity contribution in [3.05, 3.63) is 51.2 Å². The van der Waals surface area contributed by atoms with Crippen LogP contribution in [0, 0.1) is 0 Å². The van der Waals surface area contributed by atoms with Crippen LogP contribution in [0.5, 0.6) is 0 Å². The Bertz CT molecular complexity index is 726. The predicted molar refractivity (Wildman–Crippen MR) is 94.3 cm³/mol. The number of carbonyl (C=O) groups is 1. The van der Waals surface area contributed by atoms with Gasteiger partial charge in [-0.05, 0) is 35.6 Å². The van der Waals surface area contributed by atoms with Crippen molar-refractivity contribution in [3.63, 3.8) is 0 Å². The third-order valence-corrected chi connectivity index (χ3v) is 5.97. The smallest absolute Gasteiger partial charge is 0.321 e. The van der Waals surface area contributed by atoms with Gasteiger partial charge in [0.2, 0.25) is 0 Å². The number of hydrogen-bond donors (Lipinski definition) is 1. The Morgan fingerprint density at radius 1 is 1.26 bits per heavy atom. The second-order valence-corrected chi connectivity index (χ2v) is 7.47. The van der Waals surface area contributed by atoms with E-state index in [-0.39, 0.29) is 6.03 Å². The van der Waals surface area contributed by atoms with Gasteiger partial charge in [0.1, 0.15) is 0 Å². The maximum absolute atomic E-state index is 12.3. The normalized spacial score (nSPS) is 18.4. The van der Waals surface area contributed by atoms with E-state index >= 15 is 0 Å². The van der Waals surface area contributed by atoms with E-state index in [9.17, 15) is 4.79 Å². The first-order valence-corrected chi connectivity index (χ1v) is 9.06. The fourth-order valence-electron chi connectivity index (χ4n) is 3.19. The van der Waals surface area contributed by atoms with Crippen LogP contribution < -0.4 is 5.32 Å². The molecule has 120 valence electrons. The van der Waals surface area contributed by atoms with Gasteiger partial charge in [0.05, 0.1) is 10.7 Å². The van der Waals surface area contributed by atoms with Crippen LogP contribution in [0.1, 0.15) is 10.4 Å². The number of rotatable bonds is 2. The molecule has 23 heavy (non-hydrogen) atoms. The van der Waals surface area contributed by atoms with E-state index < -0.39 is 0 Å². The largest absolute Gasteiger partial charge is 0.321 e. The lowest BCUT2D eigenvalue weighted by atomic mass is 10.0. The lowest BCUT2D eigenvalue weighted by molar-refractivity contribution is 0.0533. The minimum absolute atomic E-state index is 0.0671. The van der Waals surface area contributed by atoms with Gasteiger partial charge in [-0.25, -0.2) is 4.79 Å². The van der Waals surface area contributed by atoms with Crippen molar-refractivity contribution in [3.8, 4) is 0 Å². The summed E-state index contributed by atoms with van der Waals surface area (Å²) in [5.74, 6) is 0. The molecule has 2 amide bonds. The lowest BCUT2D eigenvalue weighted by Crippen LogP contribution is -2.62. The molecule has 1 aromatic heterocycles. The number of nitrogens with one attached hydrogen (secondary N) is 1. The molecular weight excluding hydrogens is 330 g/mol. The highest BCUT2D eigenvalue weighted by Gasteiger charge is 2.36. The first-order chi connectivity index (χ1) is 11.2. The first kappa shape index (κ1) is 15.0. The maximum Gasteiger partial charge on any atom is 0.321 e. The molecule has 0 aliphatic carbocycles. The zero-order valence-electron chi connectivity index (χ0n) is 12.7. The molecule has 2 aliphatic rings. The Morgan fingerprint density at radius 3 is 2.91 bits per heavy atom. The summed E-state index contributed by atoms with van der Waals surface area (Å²) >= 11 is 7.94. The van der Waals surface area contributed by atoms with Crippen molar-refractivity contribution in [2.45, 2.75) is 19.0 Å². The average molecular weight is 348 g/mol. The molecule has 0 spiro atoms. The lowest BCUT2D eigenvalue weighted by Gasteiger charge is -2.46. The Morgan fingerprint density at radius 2 is 2.09 bits per heavy atom. The molecule has 0 atom stereocenters. The van der Waals surface area contributed by atoms with Crippen LogP contribution in [-0.4, -0.2) is 41.5 Å². The van der Waals surface area contributed by atoms with Crippen molar-refractivity contribution in [2.75, 3.05) is 25.0 Å². The van der Waals surface area contributed by atoms with Crippen molar-refractivity contribution in [2.24, 2.45) is 0 Å². The number of thiophene rings is 1. The molecule has 2 aromatic rings. The number of carbonyl (C=O) groups excluding carboxylic acids is 1. The summed E-state index contributed by atoms with van der Waals surface area (Å²) in [5, 5.41) is 5.63. The second kappa shape index (κ2) is 6.15. The molecule has 4 rings (SSSR count). The number of anilines is 1. The Hall–Kier alpha value is -1.56. The van der Waals surface area contributed by atoms with E-state index in [0.717, 1.165) is 32.6 Å². The zero-order valence-corrected chi connectivity index (χ0v) is 14.2. The number of nitrogens with zero attached hydrogens (tertiary/aromatic N) is 2. The highest BCUT2D eigenvalue weighted by Crippen LogP contribution is 2.28. The molecule has 1 fully saturated rings. The third-order valence-electron chi connectivity index (χ3n) is 4.62. The van der Waals surface area contributed by atoms with Crippen LogP contribution in [-0.2, 0) is 13.0 Å². The highest BCUT2D eigenvalue weighted by atomic mass is 35.5. The Kier molecular flexibility index (Phi) is 4.01. The number of halogens is 1. The van der Waals surface area contributed by atoms with Gasteiger partial charge >= 0.3 is 6.03 Å². The second-order valence-electron chi connectivity index (χ2n) is 6.06. The number of urea groups is 1. The Labute approximate surface area is 144 Å². The summed E-state index contributed by atoms with van der Waals surface area (Å²) in [6.45, 7) is 3.69. The maximum atomic E-state index is 12.3. The van der Waals surface area contributed by atoms with Gasteiger partial charge in [-0.15, -0.1) is 11.3 Å². The SMILES string of the molecule is O=C(Nc1ccccc1Cl)N1CC(N2CCc3sccc3C2)C1. The van der Waals surface area contributed by atoms with E-state index in [1.165, 1.54) is 10.4 Å². The zero-order chi connectivity index (χ0) is 15.8. The van der Waals surface area contributed by atoms with Gasteiger partial charge in [0.15, 0.2) is 0 Å². The van der Waals surface area contributed by atoms with Gasteiger partial charge in [-0.1, -0.05) is 23.7 Å². The number of para-hydroxylation sites is 1. The fourth-order valence-corrected chi connectivity index (χ4v) is 4.26. The monoisotopic (exact) mass is 347 g/mol. The van der Waals surface area contributed by atoms with Gasteiger partial charge < -0.3 is 10.2 Å². The van der Waals surface area contributed by atoms with Gasteiger partial charge in [-0.2, -0.15) is 0 Å². The molecule has 4 nitrogen and oxygen atoms in total. The number of likely N-dealkylation sites (tertiary alicyclic amines) is 1. The van der Waals surface area contributed by atoms with E-state index in [1.807, 2.05) is 34.4 Å².